The van der Waals surface area contributed by atoms with Crippen LogP contribution in [-0.4, -0.2) is 37.4 Å². The Balaban J connectivity index is 1.32. The number of pyridine rings is 1. The Kier molecular flexibility index (Phi) is 5.72. The molecule has 0 aliphatic carbocycles. The number of carbonyl (C=O) groups is 1. The van der Waals surface area contributed by atoms with Gasteiger partial charge in [0.15, 0.2) is 11.5 Å². The molecule has 5 aromatic rings. The van der Waals surface area contributed by atoms with E-state index in [0.29, 0.717) is 22.8 Å². The standard InChI is InChI=1S/C23H14F4N6O3/c24-16-10-12(35-13-5-6-28-19(11-13)21-29-7-8-30-21)1-4-18(16)31-22(34)20-15-9-14(36-23(25,26)27)2-3-17(15)32-33-20/h1-11H,(H,29,30)(H,31,34)(H,32,33). The van der Waals surface area contributed by atoms with Crippen molar-refractivity contribution in [3.8, 4) is 28.8 Å². The number of nitrogens with one attached hydrogen (secondary N) is 3. The quantitative estimate of drug-likeness (QED) is 0.269. The molecule has 0 aliphatic rings. The fourth-order valence-corrected chi connectivity index (χ4v) is 3.35. The van der Waals surface area contributed by atoms with E-state index in [4.69, 9.17) is 4.74 Å². The number of aromatic nitrogens is 5. The molecule has 0 saturated carbocycles. The molecular formula is C23H14F4N6O3. The molecule has 182 valence electrons. The maximum absolute atomic E-state index is 14.7. The number of hydrogen-bond donors (Lipinski definition) is 3. The van der Waals surface area contributed by atoms with Crippen molar-refractivity contribution in [2.24, 2.45) is 0 Å². The summed E-state index contributed by atoms with van der Waals surface area (Å²) in [6.45, 7) is 0. The Morgan fingerprint density at radius 3 is 2.50 bits per heavy atom. The normalized spacial score (nSPS) is 11.4. The first-order valence-electron chi connectivity index (χ1n) is 10.2. The Hall–Kier alpha value is -4.94. The molecule has 3 aromatic heterocycles. The fourth-order valence-electron chi connectivity index (χ4n) is 3.35. The lowest BCUT2D eigenvalue weighted by molar-refractivity contribution is -0.274. The molecule has 0 radical (unpaired) electrons. The number of aromatic amines is 2. The molecule has 0 fully saturated rings. The first-order chi connectivity index (χ1) is 17.2. The van der Waals surface area contributed by atoms with Crippen LogP contribution in [0, 0.1) is 5.82 Å². The topological polar surface area (TPSA) is 118 Å². The second kappa shape index (κ2) is 9.02. The van der Waals surface area contributed by atoms with Gasteiger partial charge in [-0.3, -0.25) is 14.9 Å². The molecule has 3 heterocycles. The predicted molar refractivity (Wildman–Crippen MR) is 119 cm³/mol. The minimum Gasteiger partial charge on any atom is -0.457 e. The summed E-state index contributed by atoms with van der Waals surface area (Å²) in [5.41, 5.74) is 0.402. The zero-order chi connectivity index (χ0) is 25.3. The Morgan fingerprint density at radius 1 is 0.944 bits per heavy atom. The van der Waals surface area contributed by atoms with E-state index in [1.54, 1.807) is 24.5 Å². The monoisotopic (exact) mass is 498 g/mol. The number of fused-ring (bicyclic) bond motifs is 1. The summed E-state index contributed by atoms with van der Waals surface area (Å²) in [5.74, 6) is -1.09. The summed E-state index contributed by atoms with van der Waals surface area (Å²) in [5, 5.41) is 8.79. The van der Waals surface area contributed by atoms with E-state index in [1.807, 2.05) is 0 Å². The third kappa shape index (κ3) is 4.94. The lowest BCUT2D eigenvalue weighted by atomic mass is 10.2. The summed E-state index contributed by atoms with van der Waals surface area (Å²) in [4.78, 5) is 23.9. The Bertz CT molecular complexity index is 1550. The highest BCUT2D eigenvalue weighted by Crippen LogP contribution is 2.29. The molecule has 0 unspecified atom stereocenters. The molecule has 0 atom stereocenters. The molecule has 3 N–H and O–H groups in total. The van der Waals surface area contributed by atoms with Gasteiger partial charge in [-0.25, -0.2) is 9.37 Å². The van der Waals surface area contributed by atoms with Gasteiger partial charge in [-0.2, -0.15) is 5.10 Å². The van der Waals surface area contributed by atoms with Gasteiger partial charge in [0.2, 0.25) is 0 Å². The second-order valence-electron chi connectivity index (χ2n) is 7.34. The highest BCUT2D eigenvalue weighted by Gasteiger charge is 2.31. The summed E-state index contributed by atoms with van der Waals surface area (Å²) in [6.07, 6.45) is -0.164. The van der Waals surface area contributed by atoms with Crippen LogP contribution in [0.2, 0.25) is 0 Å². The highest BCUT2D eigenvalue weighted by molar-refractivity contribution is 6.11. The van der Waals surface area contributed by atoms with E-state index in [0.717, 1.165) is 18.2 Å². The molecule has 0 saturated heterocycles. The molecule has 0 aliphatic heterocycles. The van der Waals surface area contributed by atoms with E-state index in [-0.39, 0.29) is 22.5 Å². The zero-order valence-electron chi connectivity index (χ0n) is 17.9. The second-order valence-corrected chi connectivity index (χ2v) is 7.34. The zero-order valence-corrected chi connectivity index (χ0v) is 17.9. The van der Waals surface area contributed by atoms with Gasteiger partial charge < -0.3 is 19.8 Å². The first kappa shape index (κ1) is 22.8. The van der Waals surface area contributed by atoms with E-state index >= 15 is 0 Å². The largest absolute Gasteiger partial charge is 0.573 e. The number of ether oxygens (including phenoxy) is 2. The smallest absolute Gasteiger partial charge is 0.457 e. The molecule has 36 heavy (non-hydrogen) atoms. The van der Waals surface area contributed by atoms with Crippen molar-refractivity contribution in [2.45, 2.75) is 6.36 Å². The maximum Gasteiger partial charge on any atom is 0.573 e. The predicted octanol–water partition coefficient (Wildman–Crippen LogP) is 5.43. The van der Waals surface area contributed by atoms with Gasteiger partial charge in [-0.15, -0.1) is 13.2 Å². The number of rotatable bonds is 6. The molecule has 9 nitrogen and oxygen atoms in total. The summed E-state index contributed by atoms with van der Waals surface area (Å²) < 4.78 is 61.9. The van der Waals surface area contributed by atoms with Crippen LogP contribution in [0.15, 0.2) is 67.1 Å². The van der Waals surface area contributed by atoms with Gasteiger partial charge >= 0.3 is 6.36 Å². The maximum atomic E-state index is 14.7. The molecule has 13 heteroatoms. The average molecular weight is 498 g/mol. The number of alkyl halides is 3. The molecule has 5 rings (SSSR count). The van der Waals surface area contributed by atoms with Gasteiger partial charge in [-0.05, 0) is 36.4 Å². The minimum atomic E-state index is -4.90. The number of nitrogens with zero attached hydrogens (tertiary/aromatic N) is 3. The van der Waals surface area contributed by atoms with Crippen molar-refractivity contribution >= 4 is 22.5 Å². The number of anilines is 1. The van der Waals surface area contributed by atoms with Crippen LogP contribution < -0.4 is 14.8 Å². The van der Waals surface area contributed by atoms with Crippen molar-refractivity contribution in [1.29, 1.82) is 0 Å². The van der Waals surface area contributed by atoms with Crippen LogP contribution in [0.4, 0.5) is 23.2 Å². The number of imidazole rings is 1. The third-order valence-electron chi connectivity index (χ3n) is 4.88. The Morgan fingerprint density at radius 2 is 1.75 bits per heavy atom. The van der Waals surface area contributed by atoms with Crippen LogP contribution in [0.3, 0.4) is 0 Å². The van der Waals surface area contributed by atoms with Crippen molar-refractivity contribution in [3.63, 3.8) is 0 Å². The van der Waals surface area contributed by atoms with Crippen molar-refractivity contribution in [3.05, 3.63) is 78.6 Å². The number of halogens is 4. The number of benzene rings is 2. The summed E-state index contributed by atoms with van der Waals surface area (Å²) in [7, 11) is 0. The van der Waals surface area contributed by atoms with Crippen LogP contribution in [0.5, 0.6) is 17.2 Å². The molecule has 0 bridgehead atoms. The minimum absolute atomic E-state index is 0.0691. The molecule has 0 spiro atoms. The number of amides is 1. The highest BCUT2D eigenvalue weighted by atomic mass is 19.4. The summed E-state index contributed by atoms with van der Waals surface area (Å²) in [6, 6.07) is 10.4. The van der Waals surface area contributed by atoms with Crippen LogP contribution in [0.25, 0.3) is 22.4 Å². The van der Waals surface area contributed by atoms with Gasteiger partial charge in [0.05, 0.1) is 11.2 Å². The molecular weight excluding hydrogens is 484 g/mol. The lowest BCUT2D eigenvalue weighted by Crippen LogP contribution is -2.17. The van der Waals surface area contributed by atoms with Crippen molar-refractivity contribution < 1.29 is 31.8 Å². The number of hydrogen-bond acceptors (Lipinski definition) is 6. The van der Waals surface area contributed by atoms with E-state index < -0.39 is 23.8 Å². The average Bonchev–Trinajstić information content (AvgIpc) is 3.50. The van der Waals surface area contributed by atoms with Gasteiger partial charge in [0, 0.05) is 36.1 Å². The van der Waals surface area contributed by atoms with E-state index in [1.165, 1.54) is 24.4 Å². The fraction of sp³-hybridized carbons (Fsp3) is 0.0435. The van der Waals surface area contributed by atoms with Crippen molar-refractivity contribution in [1.82, 2.24) is 25.1 Å². The van der Waals surface area contributed by atoms with Gasteiger partial charge in [0.1, 0.15) is 28.8 Å². The van der Waals surface area contributed by atoms with Gasteiger partial charge in [-0.1, -0.05) is 0 Å². The first-order valence-corrected chi connectivity index (χ1v) is 10.2. The lowest BCUT2D eigenvalue weighted by Gasteiger charge is -2.10. The van der Waals surface area contributed by atoms with Crippen LogP contribution >= 0.6 is 0 Å². The van der Waals surface area contributed by atoms with Crippen LogP contribution in [-0.2, 0) is 0 Å². The van der Waals surface area contributed by atoms with Crippen LogP contribution in [0.1, 0.15) is 10.5 Å². The molecule has 2 aromatic carbocycles. The SMILES string of the molecule is O=C(Nc1ccc(Oc2ccnc(-c3ncc[nH]3)c2)cc1F)c1n[nH]c2ccc(OC(F)(F)F)cc12. The van der Waals surface area contributed by atoms with E-state index in [9.17, 15) is 22.4 Å². The number of H-pyrrole nitrogens is 2. The summed E-state index contributed by atoms with van der Waals surface area (Å²) >= 11 is 0. The third-order valence-corrected chi connectivity index (χ3v) is 4.88. The Labute approximate surface area is 199 Å². The van der Waals surface area contributed by atoms with Crippen molar-refractivity contribution in [2.75, 3.05) is 5.32 Å². The number of carbonyl (C=O) groups excluding carboxylic acids is 1. The van der Waals surface area contributed by atoms with E-state index in [2.05, 4.69) is 35.2 Å². The van der Waals surface area contributed by atoms with Gasteiger partial charge in [0.25, 0.3) is 5.91 Å². The molecule has 1 amide bonds.